The topological polar surface area (TPSA) is 57.6 Å². The highest BCUT2D eigenvalue weighted by molar-refractivity contribution is 9.11. The third-order valence-electron chi connectivity index (χ3n) is 3.79. The molecule has 22 heavy (non-hydrogen) atoms. The second-order valence-corrected chi connectivity index (χ2v) is 7.71. The van der Waals surface area contributed by atoms with E-state index >= 15 is 0 Å². The van der Waals surface area contributed by atoms with Crippen LogP contribution >= 0.6 is 27.3 Å². The van der Waals surface area contributed by atoms with Gasteiger partial charge in [0, 0.05) is 11.4 Å². The molecule has 0 radical (unpaired) electrons. The normalized spacial score (nSPS) is 17.1. The molecular weight excluding hydrogens is 366 g/mol. The molecule has 1 unspecified atom stereocenters. The van der Waals surface area contributed by atoms with Gasteiger partial charge in [-0.2, -0.15) is 0 Å². The number of carboxylic acid groups (broad SMARTS) is 1. The molecule has 4 nitrogen and oxygen atoms in total. The first-order valence-electron chi connectivity index (χ1n) is 6.90. The summed E-state index contributed by atoms with van der Waals surface area (Å²) < 4.78 is 0.967. The van der Waals surface area contributed by atoms with Crippen molar-refractivity contribution in [1.82, 2.24) is 4.90 Å². The van der Waals surface area contributed by atoms with Gasteiger partial charge >= 0.3 is 5.97 Å². The highest BCUT2D eigenvalue weighted by atomic mass is 79.9. The summed E-state index contributed by atoms with van der Waals surface area (Å²) in [4.78, 5) is 26.7. The lowest BCUT2D eigenvalue weighted by molar-refractivity contribution is -0.151. The van der Waals surface area contributed by atoms with Gasteiger partial charge in [0.25, 0.3) is 0 Å². The minimum Gasteiger partial charge on any atom is -0.479 e. The molecule has 0 saturated heterocycles. The van der Waals surface area contributed by atoms with Crippen molar-refractivity contribution in [3.8, 4) is 0 Å². The molecular formula is C16H14BrNO3S. The Hall–Kier alpha value is -1.66. The average Bonchev–Trinajstić information content (AvgIpc) is 2.90. The Morgan fingerprint density at radius 1 is 1.27 bits per heavy atom. The molecule has 0 saturated carbocycles. The van der Waals surface area contributed by atoms with E-state index in [1.165, 1.54) is 16.2 Å². The SMILES string of the molecule is O=C(O)C1c2ccccc2CCN1C(=O)Cc1ccc(Br)s1. The van der Waals surface area contributed by atoms with Crippen molar-refractivity contribution >= 4 is 39.1 Å². The number of carbonyl (C=O) groups excluding carboxylic acids is 1. The molecule has 2 aromatic rings. The fraction of sp³-hybridized carbons (Fsp3) is 0.250. The minimum atomic E-state index is -0.979. The Labute approximate surface area is 140 Å². The third kappa shape index (κ3) is 2.94. The zero-order chi connectivity index (χ0) is 15.7. The number of hydrogen-bond donors (Lipinski definition) is 1. The first kappa shape index (κ1) is 15.2. The maximum absolute atomic E-state index is 12.6. The molecule has 1 aliphatic heterocycles. The van der Waals surface area contributed by atoms with Gasteiger partial charge in [-0.3, -0.25) is 4.79 Å². The van der Waals surface area contributed by atoms with E-state index in [2.05, 4.69) is 15.9 Å². The van der Waals surface area contributed by atoms with E-state index in [9.17, 15) is 14.7 Å². The number of hydrogen-bond acceptors (Lipinski definition) is 3. The summed E-state index contributed by atoms with van der Waals surface area (Å²) in [5.41, 5.74) is 1.74. The van der Waals surface area contributed by atoms with Gasteiger partial charge in [-0.1, -0.05) is 24.3 Å². The van der Waals surface area contributed by atoms with Crippen LogP contribution in [0.15, 0.2) is 40.2 Å². The molecule has 6 heteroatoms. The number of nitrogens with zero attached hydrogens (tertiary/aromatic N) is 1. The zero-order valence-corrected chi connectivity index (χ0v) is 14.1. The molecule has 1 N–H and O–H groups in total. The molecule has 0 spiro atoms. The summed E-state index contributed by atoms with van der Waals surface area (Å²) in [6.07, 6.45) is 0.933. The van der Waals surface area contributed by atoms with Crippen LogP contribution in [0.4, 0.5) is 0 Å². The predicted molar refractivity (Wildman–Crippen MR) is 88.0 cm³/mol. The first-order chi connectivity index (χ1) is 10.6. The van der Waals surface area contributed by atoms with Gasteiger partial charge in [-0.25, -0.2) is 4.79 Å². The van der Waals surface area contributed by atoms with Crippen molar-refractivity contribution in [2.24, 2.45) is 0 Å². The van der Waals surface area contributed by atoms with E-state index in [0.717, 1.165) is 19.8 Å². The molecule has 114 valence electrons. The van der Waals surface area contributed by atoms with Gasteiger partial charge in [0.2, 0.25) is 5.91 Å². The maximum Gasteiger partial charge on any atom is 0.331 e. The Morgan fingerprint density at radius 2 is 2.05 bits per heavy atom. The molecule has 1 aromatic heterocycles. The third-order valence-corrected chi connectivity index (χ3v) is 5.42. The van der Waals surface area contributed by atoms with E-state index < -0.39 is 12.0 Å². The molecule has 0 aliphatic carbocycles. The summed E-state index contributed by atoms with van der Waals surface area (Å²) in [5.74, 6) is -1.12. The zero-order valence-electron chi connectivity index (χ0n) is 11.7. The highest BCUT2D eigenvalue weighted by Crippen LogP contribution is 2.31. The van der Waals surface area contributed by atoms with Crippen LogP contribution in [0.1, 0.15) is 22.0 Å². The molecule has 1 amide bonds. The number of carboxylic acids is 1. The van der Waals surface area contributed by atoms with Gasteiger partial charge in [0.05, 0.1) is 10.2 Å². The van der Waals surface area contributed by atoms with Crippen LogP contribution in [-0.2, 0) is 22.4 Å². The van der Waals surface area contributed by atoms with Gasteiger partial charge in [-0.15, -0.1) is 11.3 Å². The Bertz CT molecular complexity index is 728. The van der Waals surface area contributed by atoms with Crippen LogP contribution in [0.5, 0.6) is 0 Å². The number of halogens is 1. The minimum absolute atomic E-state index is 0.142. The number of fused-ring (bicyclic) bond motifs is 1. The largest absolute Gasteiger partial charge is 0.479 e. The molecule has 2 heterocycles. The number of aliphatic carboxylic acids is 1. The van der Waals surface area contributed by atoms with Crippen molar-refractivity contribution in [3.63, 3.8) is 0 Å². The van der Waals surface area contributed by atoms with E-state index in [1.54, 1.807) is 6.07 Å². The quantitative estimate of drug-likeness (QED) is 0.889. The van der Waals surface area contributed by atoms with Crippen LogP contribution in [0.3, 0.4) is 0 Å². The van der Waals surface area contributed by atoms with Gasteiger partial charge in [0.1, 0.15) is 0 Å². The number of carbonyl (C=O) groups is 2. The molecule has 0 bridgehead atoms. The number of amides is 1. The van der Waals surface area contributed by atoms with Crippen LogP contribution in [0, 0.1) is 0 Å². The van der Waals surface area contributed by atoms with Crippen molar-refractivity contribution < 1.29 is 14.7 Å². The second kappa shape index (κ2) is 6.22. The first-order valence-corrected chi connectivity index (χ1v) is 8.51. The highest BCUT2D eigenvalue weighted by Gasteiger charge is 2.35. The molecule has 3 rings (SSSR count). The molecule has 1 aromatic carbocycles. The summed E-state index contributed by atoms with van der Waals surface area (Å²) >= 11 is 4.87. The lowest BCUT2D eigenvalue weighted by Gasteiger charge is -2.34. The van der Waals surface area contributed by atoms with E-state index in [4.69, 9.17) is 0 Å². The van der Waals surface area contributed by atoms with Crippen molar-refractivity contribution in [2.75, 3.05) is 6.54 Å². The van der Waals surface area contributed by atoms with Crippen LogP contribution in [0.2, 0.25) is 0 Å². The summed E-state index contributed by atoms with van der Waals surface area (Å²) in [6, 6.07) is 10.4. The Kier molecular flexibility index (Phi) is 4.31. The Balaban J connectivity index is 1.86. The number of rotatable bonds is 3. The average molecular weight is 380 g/mol. The van der Waals surface area contributed by atoms with Crippen molar-refractivity contribution in [1.29, 1.82) is 0 Å². The lowest BCUT2D eigenvalue weighted by Crippen LogP contribution is -2.44. The summed E-state index contributed by atoms with van der Waals surface area (Å²) in [6.45, 7) is 0.444. The number of benzene rings is 1. The fourth-order valence-electron chi connectivity index (χ4n) is 2.80. The van der Waals surface area contributed by atoms with Gasteiger partial charge < -0.3 is 10.0 Å². The second-order valence-electron chi connectivity index (χ2n) is 5.16. The van der Waals surface area contributed by atoms with Crippen LogP contribution < -0.4 is 0 Å². The molecule has 1 aliphatic rings. The molecule has 0 fully saturated rings. The summed E-state index contributed by atoms with van der Waals surface area (Å²) in [7, 11) is 0. The standard InChI is InChI=1S/C16H14BrNO3S/c17-13-6-5-11(22-13)9-14(19)18-8-7-10-3-1-2-4-12(10)15(18)16(20)21/h1-6,15H,7-9H2,(H,20,21). The maximum atomic E-state index is 12.6. The van der Waals surface area contributed by atoms with Gasteiger partial charge in [0.15, 0.2) is 6.04 Å². The van der Waals surface area contributed by atoms with E-state index in [-0.39, 0.29) is 12.3 Å². The summed E-state index contributed by atoms with van der Waals surface area (Å²) in [5, 5.41) is 9.58. The smallest absolute Gasteiger partial charge is 0.331 e. The van der Waals surface area contributed by atoms with Crippen LogP contribution in [0.25, 0.3) is 0 Å². The van der Waals surface area contributed by atoms with Crippen molar-refractivity contribution in [2.45, 2.75) is 18.9 Å². The van der Waals surface area contributed by atoms with Crippen LogP contribution in [-0.4, -0.2) is 28.4 Å². The molecule has 1 atom stereocenters. The lowest BCUT2D eigenvalue weighted by atomic mass is 9.92. The van der Waals surface area contributed by atoms with Gasteiger partial charge in [-0.05, 0) is 45.6 Å². The Morgan fingerprint density at radius 3 is 2.73 bits per heavy atom. The fourth-order valence-corrected chi connectivity index (χ4v) is 4.27. The predicted octanol–water partition coefficient (Wildman–Crippen LogP) is 3.26. The monoisotopic (exact) mass is 379 g/mol. The van der Waals surface area contributed by atoms with Crippen molar-refractivity contribution in [3.05, 3.63) is 56.2 Å². The van der Waals surface area contributed by atoms with E-state index in [1.807, 2.05) is 30.3 Å². The number of thiophene rings is 1. The van der Waals surface area contributed by atoms with E-state index in [0.29, 0.717) is 13.0 Å².